The Morgan fingerprint density at radius 3 is 2.55 bits per heavy atom. The van der Waals surface area contributed by atoms with E-state index in [1.54, 1.807) is 6.92 Å². The van der Waals surface area contributed by atoms with Gasteiger partial charge in [-0.3, -0.25) is 0 Å². The predicted octanol–water partition coefficient (Wildman–Crippen LogP) is 2.55. The first-order valence-electron chi connectivity index (χ1n) is 5.98. The van der Waals surface area contributed by atoms with E-state index < -0.39 is 11.8 Å². The fraction of sp³-hybridized carbons (Fsp3) is 0.214. The van der Waals surface area contributed by atoms with E-state index >= 15 is 0 Å². The molecule has 0 spiro atoms. The average Bonchev–Trinajstić information content (AvgIpc) is 2.47. The van der Waals surface area contributed by atoms with Crippen LogP contribution in [-0.2, 0) is 6.42 Å². The Kier molecular flexibility index (Phi) is 3.93. The number of methoxy groups -OCH3 is 1. The van der Waals surface area contributed by atoms with E-state index in [4.69, 9.17) is 4.74 Å². The maximum Gasteiger partial charge on any atom is 0.336 e. The summed E-state index contributed by atoms with van der Waals surface area (Å²) < 4.78 is 19.4. The lowest BCUT2D eigenvalue weighted by molar-refractivity contribution is 0.0695. The molecule has 2 aromatic rings. The van der Waals surface area contributed by atoms with Gasteiger partial charge in [0.05, 0.1) is 12.7 Å². The average molecular weight is 276 g/mol. The number of carboxylic acids is 1. The molecular formula is C14H13FN2O3. The number of ether oxygens (including phenoxy) is 1. The van der Waals surface area contributed by atoms with Gasteiger partial charge in [0.1, 0.15) is 6.33 Å². The number of benzene rings is 1. The van der Waals surface area contributed by atoms with Crippen LogP contribution in [0.15, 0.2) is 24.8 Å². The van der Waals surface area contributed by atoms with Gasteiger partial charge in [-0.2, -0.15) is 0 Å². The molecule has 0 aliphatic heterocycles. The van der Waals surface area contributed by atoms with Crippen molar-refractivity contribution in [1.82, 2.24) is 9.97 Å². The first-order valence-corrected chi connectivity index (χ1v) is 5.98. The Bertz CT molecular complexity index is 645. The number of hydrogen-bond donors (Lipinski definition) is 1. The topological polar surface area (TPSA) is 72.3 Å². The molecule has 5 nitrogen and oxygen atoms in total. The van der Waals surface area contributed by atoms with Crippen LogP contribution in [0.2, 0.25) is 0 Å². The molecule has 0 fully saturated rings. The minimum atomic E-state index is -1.13. The summed E-state index contributed by atoms with van der Waals surface area (Å²) in [5.74, 6) is -1.85. The highest BCUT2D eigenvalue weighted by molar-refractivity contribution is 5.93. The first-order chi connectivity index (χ1) is 9.60. The van der Waals surface area contributed by atoms with Crippen molar-refractivity contribution in [3.8, 4) is 16.9 Å². The van der Waals surface area contributed by atoms with Gasteiger partial charge < -0.3 is 9.84 Å². The predicted molar refractivity (Wildman–Crippen MR) is 70.3 cm³/mol. The van der Waals surface area contributed by atoms with Crippen molar-refractivity contribution in [2.75, 3.05) is 7.11 Å². The molecule has 1 N–H and O–H groups in total. The molecule has 0 bridgehead atoms. The van der Waals surface area contributed by atoms with E-state index in [1.165, 1.54) is 31.9 Å². The maximum atomic E-state index is 14.5. The number of carbonyl (C=O) groups is 1. The molecule has 0 aliphatic carbocycles. The van der Waals surface area contributed by atoms with E-state index in [0.717, 1.165) is 0 Å². The van der Waals surface area contributed by atoms with E-state index in [0.29, 0.717) is 17.5 Å². The molecule has 0 amide bonds. The van der Waals surface area contributed by atoms with Gasteiger partial charge in [0.2, 0.25) is 0 Å². The monoisotopic (exact) mass is 276 g/mol. The third-order valence-electron chi connectivity index (χ3n) is 2.99. The highest BCUT2D eigenvalue weighted by atomic mass is 19.1. The van der Waals surface area contributed by atoms with Gasteiger partial charge in [0, 0.05) is 23.5 Å². The summed E-state index contributed by atoms with van der Waals surface area (Å²) in [4.78, 5) is 19.0. The van der Waals surface area contributed by atoms with Crippen molar-refractivity contribution in [2.24, 2.45) is 0 Å². The lowest BCUT2D eigenvalue weighted by Crippen LogP contribution is -2.07. The Balaban J connectivity index is 2.83. The third-order valence-corrected chi connectivity index (χ3v) is 2.99. The van der Waals surface area contributed by atoms with Crippen LogP contribution in [0.3, 0.4) is 0 Å². The zero-order valence-electron chi connectivity index (χ0n) is 11.1. The molecule has 0 radical (unpaired) electrons. The Morgan fingerprint density at radius 2 is 2.05 bits per heavy atom. The zero-order chi connectivity index (χ0) is 14.7. The first kappa shape index (κ1) is 13.9. The maximum absolute atomic E-state index is 14.5. The van der Waals surface area contributed by atoms with Crippen LogP contribution >= 0.6 is 0 Å². The highest BCUT2D eigenvalue weighted by Crippen LogP contribution is 2.35. The Morgan fingerprint density at radius 1 is 1.40 bits per heavy atom. The minimum absolute atomic E-state index is 0.0182. The molecule has 1 heterocycles. The van der Waals surface area contributed by atoms with Crippen molar-refractivity contribution in [1.29, 1.82) is 0 Å². The molecule has 0 atom stereocenters. The number of rotatable bonds is 4. The standard InChI is InChI=1S/C14H13FN2O3/c1-3-9-10(14(18)19)4-11(20-2)13(15)12(9)8-5-16-7-17-6-8/h4-7H,3H2,1-2H3,(H,18,19). The molecule has 6 heteroatoms. The van der Waals surface area contributed by atoms with Gasteiger partial charge in [-0.25, -0.2) is 19.2 Å². The van der Waals surface area contributed by atoms with Crippen molar-refractivity contribution in [3.05, 3.63) is 41.7 Å². The van der Waals surface area contributed by atoms with Crippen molar-refractivity contribution < 1.29 is 19.0 Å². The Labute approximate surface area is 115 Å². The van der Waals surface area contributed by atoms with Crippen LogP contribution in [0.5, 0.6) is 5.75 Å². The van der Waals surface area contributed by atoms with Gasteiger partial charge in [0.15, 0.2) is 11.6 Å². The van der Waals surface area contributed by atoms with Crippen LogP contribution in [0.1, 0.15) is 22.8 Å². The van der Waals surface area contributed by atoms with Crippen molar-refractivity contribution in [3.63, 3.8) is 0 Å². The summed E-state index contributed by atoms with van der Waals surface area (Å²) in [6.45, 7) is 1.76. The van der Waals surface area contributed by atoms with Gasteiger partial charge in [-0.1, -0.05) is 6.92 Å². The number of aromatic carboxylic acids is 1. The normalized spacial score (nSPS) is 10.3. The second kappa shape index (κ2) is 5.64. The molecule has 20 heavy (non-hydrogen) atoms. The quantitative estimate of drug-likeness (QED) is 0.929. The summed E-state index contributed by atoms with van der Waals surface area (Å²) in [7, 11) is 1.29. The second-order valence-corrected chi connectivity index (χ2v) is 4.08. The van der Waals surface area contributed by atoms with Crippen molar-refractivity contribution >= 4 is 5.97 Å². The van der Waals surface area contributed by atoms with E-state index in [-0.39, 0.29) is 16.9 Å². The molecule has 0 aliphatic rings. The van der Waals surface area contributed by atoms with Crippen LogP contribution < -0.4 is 4.74 Å². The van der Waals surface area contributed by atoms with Gasteiger partial charge in [0.25, 0.3) is 0 Å². The summed E-state index contributed by atoms with van der Waals surface area (Å²) in [5, 5.41) is 9.27. The molecule has 1 aromatic carbocycles. The molecule has 104 valence electrons. The highest BCUT2D eigenvalue weighted by Gasteiger charge is 2.22. The van der Waals surface area contributed by atoms with Crippen LogP contribution in [0.25, 0.3) is 11.1 Å². The Hall–Kier alpha value is -2.50. The van der Waals surface area contributed by atoms with E-state index in [9.17, 15) is 14.3 Å². The number of aromatic nitrogens is 2. The molecule has 0 unspecified atom stereocenters. The SMILES string of the molecule is CCc1c(C(=O)O)cc(OC)c(F)c1-c1cncnc1. The van der Waals surface area contributed by atoms with Gasteiger partial charge in [-0.05, 0) is 18.1 Å². The molecule has 2 rings (SSSR count). The van der Waals surface area contributed by atoms with E-state index in [1.807, 2.05) is 0 Å². The zero-order valence-corrected chi connectivity index (χ0v) is 11.1. The van der Waals surface area contributed by atoms with E-state index in [2.05, 4.69) is 9.97 Å². The number of nitrogens with zero attached hydrogens (tertiary/aromatic N) is 2. The van der Waals surface area contributed by atoms with Crippen LogP contribution in [0.4, 0.5) is 4.39 Å². The largest absolute Gasteiger partial charge is 0.494 e. The van der Waals surface area contributed by atoms with Gasteiger partial charge >= 0.3 is 5.97 Å². The second-order valence-electron chi connectivity index (χ2n) is 4.08. The summed E-state index contributed by atoms with van der Waals surface area (Å²) in [5.41, 5.74) is 1.00. The lowest BCUT2D eigenvalue weighted by Gasteiger charge is -2.15. The number of hydrogen-bond acceptors (Lipinski definition) is 4. The molecule has 1 aromatic heterocycles. The molecular weight excluding hydrogens is 263 g/mol. The van der Waals surface area contributed by atoms with Crippen LogP contribution in [-0.4, -0.2) is 28.2 Å². The number of halogens is 1. The minimum Gasteiger partial charge on any atom is -0.494 e. The van der Waals surface area contributed by atoms with Crippen molar-refractivity contribution in [2.45, 2.75) is 13.3 Å². The van der Waals surface area contributed by atoms with Gasteiger partial charge in [-0.15, -0.1) is 0 Å². The smallest absolute Gasteiger partial charge is 0.336 e. The fourth-order valence-electron chi connectivity index (χ4n) is 2.11. The molecule has 0 saturated heterocycles. The summed E-state index contributed by atoms with van der Waals surface area (Å²) in [6.07, 6.45) is 4.57. The number of carboxylic acid groups (broad SMARTS) is 1. The van der Waals surface area contributed by atoms with Crippen LogP contribution in [0, 0.1) is 5.82 Å². The fourth-order valence-corrected chi connectivity index (χ4v) is 2.11. The third kappa shape index (κ3) is 2.32. The summed E-state index contributed by atoms with van der Waals surface area (Å²) >= 11 is 0. The lowest BCUT2D eigenvalue weighted by atomic mass is 9.94. The molecule has 0 saturated carbocycles. The summed E-state index contributed by atoms with van der Waals surface area (Å²) in [6, 6.07) is 1.20.